The lowest BCUT2D eigenvalue weighted by Gasteiger charge is -2.15. The highest BCUT2D eigenvalue weighted by molar-refractivity contribution is 6.88. The standard InChI is InChI=1S/C18H20Si/c1-15-6-5-7-17(14-15)9-8-16-10-12-18(13-11-16)19(2,3)4/h5-7,10-14H,1-4H3. The zero-order chi connectivity index (χ0) is 13.9. The van der Waals surface area contributed by atoms with Crippen molar-refractivity contribution in [2.45, 2.75) is 26.6 Å². The third-order valence-electron chi connectivity index (χ3n) is 3.12. The molecular weight excluding hydrogens is 244 g/mol. The van der Waals surface area contributed by atoms with Crippen LogP contribution in [-0.4, -0.2) is 8.07 Å². The summed E-state index contributed by atoms with van der Waals surface area (Å²) in [6.07, 6.45) is 0. The van der Waals surface area contributed by atoms with Gasteiger partial charge in [0.25, 0.3) is 0 Å². The number of rotatable bonds is 1. The summed E-state index contributed by atoms with van der Waals surface area (Å²) in [5, 5.41) is 1.48. The maximum Gasteiger partial charge on any atom is 0.0775 e. The molecule has 2 aromatic rings. The summed E-state index contributed by atoms with van der Waals surface area (Å²) in [6, 6.07) is 17.0. The average molecular weight is 264 g/mol. The molecule has 0 radical (unpaired) electrons. The SMILES string of the molecule is Cc1cccc(C#Cc2ccc([Si](C)(C)C)cc2)c1. The summed E-state index contributed by atoms with van der Waals surface area (Å²) < 4.78 is 0. The molecule has 96 valence electrons. The van der Waals surface area contributed by atoms with Crippen molar-refractivity contribution >= 4 is 13.3 Å². The van der Waals surface area contributed by atoms with Crippen molar-refractivity contribution in [2.24, 2.45) is 0 Å². The van der Waals surface area contributed by atoms with E-state index in [4.69, 9.17) is 0 Å². The van der Waals surface area contributed by atoms with E-state index >= 15 is 0 Å². The molecule has 2 aromatic carbocycles. The molecule has 0 spiro atoms. The Kier molecular flexibility index (Phi) is 3.92. The van der Waals surface area contributed by atoms with Gasteiger partial charge in [0.2, 0.25) is 0 Å². The zero-order valence-electron chi connectivity index (χ0n) is 12.1. The number of hydrogen-bond donors (Lipinski definition) is 0. The maximum atomic E-state index is 3.23. The third-order valence-corrected chi connectivity index (χ3v) is 5.19. The molecule has 0 saturated heterocycles. The third kappa shape index (κ3) is 3.84. The molecule has 0 unspecified atom stereocenters. The van der Waals surface area contributed by atoms with E-state index in [-0.39, 0.29) is 0 Å². The van der Waals surface area contributed by atoms with Crippen LogP contribution < -0.4 is 5.19 Å². The lowest BCUT2D eigenvalue weighted by molar-refractivity contribution is 1.45. The maximum absolute atomic E-state index is 3.23. The highest BCUT2D eigenvalue weighted by atomic mass is 28.3. The molecule has 2 rings (SSSR count). The molecule has 0 aliphatic carbocycles. The average Bonchev–Trinajstić information content (AvgIpc) is 2.36. The molecule has 0 nitrogen and oxygen atoms in total. The van der Waals surface area contributed by atoms with Gasteiger partial charge in [-0.05, 0) is 36.8 Å². The van der Waals surface area contributed by atoms with Crippen molar-refractivity contribution in [3.8, 4) is 11.8 Å². The van der Waals surface area contributed by atoms with Gasteiger partial charge in [-0.1, -0.05) is 60.9 Å². The second kappa shape index (κ2) is 5.46. The lowest BCUT2D eigenvalue weighted by atomic mass is 10.1. The van der Waals surface area contributed by atoms with E-state index in [2.05, 4.69) is 80.9 Å². The highest BCUT2D eigenvalue weighted by Crippen LogP contribution is 2.05. The summed E-state index contributed by atoms with van der Waals surface area (Å²) in [6.45, 7) is 9.18. The van der Waals surface area contributed by atoms with Crippen LogP contribution in [0.15, 0.2) is 48.5 Å². The van der Waals surface area contributed by atoms with Gasteiger partial charge in [-0.15, -0.1) is 0 Å². The molecule has 0 N–H and O–H groups in total. The Morgan fingerprint density at radius 2 is 1.42 bits per heavy atom. The van der Waals surface area contributed by atoms with Crippen LogP contribution in [0.1, 0.15) is 16.7 Å². The van der Waals surface area contributed by atoms with Crippen LogP contribution in [0.4, 0.5) is 0 Å². The Hall–Kier alpha value is -1.78. The van der Waals surface area contributed by atoms with Crippen molar-refractivity contribution < 1.29 is 0 Å². The minimum atomic E-state index is -1.20. The van der Waals surface area contributed by atoms with E-state index in [1.807, 2.05) is 6.07 Å². The summed E-state index contributed by atoms with van der Waals surface area (Å²) in [7, 11) is -1.20. The first kappa shape index (κ1) is 13.6. The van der Waals surface area contributed by atoms with Gasteiger partial charge < -0.3 is 0 Å². The molecular formula is C18H20Si. The molecule has 1 heteroatoms. The fourth-order valence-electron chi connectivity index (χ4n) is 1.92. The van der Waals surface area contributed by atoms with Crippen molar-refractivity contribution in [1.82, 2.24) is 0 Å². The van der Waals surface area contributed by atoms with Crippen LogP contribution in [0.3, 0.4) is 0 Å². The number of benzene rings is 2. The van der Waals surface area contributed by atoms with Crippen LogP contribution >= 0.6 is 0 Å². The van der Waals surface area contributed by atoms with Crippen molar-refractivity contribution in [2.75, 3.05) is 0 Å². The van der Waals surface area contributed by atoms with Crippen LogP contribution in [0, 0.1) is 18.8 Å². The molecule has 19 heavy (non-hydrogen) atoms. The molecule has 0 fully saturated rings. The largest absolute Gasteiger partial charge is 0.0775 e. The molecule has 0 aliphatic heterocycles. The van der Waals surface area contributed by atoms with Crippen LogP contribution in [-0.2, 0) is 0 Å². The predicted molar refractivity (Wildman–Crippen MR) is 86.6 cm³/mol. The van der Waals surface area contributed by atoms with Gasteiger partial charge in [-0.25, -0.2) is 0 Å². The highest BCUT2D eigenvalue weighted by Gasteiger charge is 2.15. The molecule has 0 aliphatic rings. The number of aryl methyl sites for hydroxylation is 1. The fraction of sp³-hybridized carbons (Fsp3) is 0.222. The first-order chi connectivity index (χ1) is 8.95. The second-order valence-corrected chi connectivity index (χ2v) is 11.0. The minimum absolute atomic E-state index is 1.08. The van der Waals surface area contributed by atoms with E-state index in [0.29, 0.717) is 0 Å². The van der Waals surface area contributed by atoms with Crippen molar-refractivity contribution in [3.05, 3.63) is 65.2 Å². The fourth-order valence-corrected chi connectivity index (χ4v) is 3.09. The van der Waals surface area contributed by atoms with Gasteiger partial charge in [0.15, 0.2) is 0 Å². The van der Waals surface area contributed by atoms with Gasteiger partial charge in [0.1, 0.15) is 0 Å². The van der Waals surface area contributed by atoms with Crippen LogP contribution in [0.2, 0.25) is 19.6 Å². The zero-order valence-corrected chi connectivity index (χ0v) is 13.1. The molecule has 0 aromatic heterocycles. The van der Waals surface area contributed by atoms with E-state index in [1.54, 1.807) is 0 Å². The molecule has 0 bridgehead atoms. The Bertz CT molecular complexity index is 619. The quantitative estimate of drug-likeness (QED) is 0.540. The first-order valence-electron chi connectivity index (χ1n) is 6.64. The van der Waals surface area contributed by atoms with E-state index in [9.17, 15) is 0 Å². The van der Waals surface area contributed by atoms with Crippen molar-refractivity contribution in [3.63, 3.8) is 0 Å². The van der Waals surface area contributed by atoms with E-state index in [0.717, 1.165) is 11.1 Å². The predicted octanol–water partition coefficient (Wildman–Crippen LogP) is 3.94. The van der Waals surface area contributed by atoms with Gasteiger partial charge in [-0.2, -0.15) is 0 Å². The summed E-state index contributed by atoms with van der Waals surface area (Å²) in [4.78, 5) is 0. The van der Waals surface area contributed by atoms with Gasteiger partial charge in [0.05, 0.1) is 8.07 Å². The van der Waals surface area contributed by atoms with E-state index in [1.165, 1.54) is 10.8 Å². The molecule has 0 saturated carbocycles. The smallest absolute Gasteiger partial charge is 0.0656 e. The summed E-state index contributed by atoms with van der Waals surface area (Å²) in [5.74, 6) is 6.45. The Morgan fingerprint density at radius 3 is 2.00 bits per heavy atom. The van der Waals surface area contributed by atoms with Gasteiger partial charge in [-0.3, -0.25) is 0 Å². The molecule has 0 amide bonds. The summed E-state index contributed by atoms with van der Waals surface area (Å²) in [5.41, 5.74) is 3.42. The van der Waals surface area contributed by atoms with Gasteiger partial charge >= 0.3 is 0 Å². The monoisotopic (exact) mass is 264 g/mol. The topological polar surface area (TPSA) is 0 Å². The first-order valence-corrected chi connectivity index (χ1v) is 10.1. The van der Waals surface area contributed by atoms with Gasteiger partial charge in [0, 0.05) is 11.1 Å². The molecule has 0 heterocycles. The number of hydrogen-bond acceptors (Lipinski definition) is 0. The lowest BCUT2D eigenvalue weighted by Crippen LogP contribution is -2.37. The normalized spacial score (nSPS) is 10.7. The Morgan fingerprint density at radius 1 is 0.789 bits per heavy atom. The Labute approximate surface area is 117 Å². The van der Waals surface area contributed by atoms with E-state index < -0.39 is 8.07 Å². The second-order valence-electron chi connectivity index (χ2n) is 5.95. The molecule has 0 atom stereocenters. The minimum Gasteiger partial charge on any atom is -0.0656 e. The van der Waals surface area contributed by atoms with Crippen LogP contribution in [0.25, 0.3) is 0 Å². The van der Waals surface area contributed by atoms with Crippen molar-refractivity contribution in [1.29, 1.82) is 0 Å². The Balaban J connectivity index is 2.21. The summed E-state index contributed by atoms with van der Waals surface area (Å²) >= 11 is 0. The van der Waals surface area contributed by atoms with Crippen LogP contribution in [0.5, 0.6) is 0 Å².